The van der Waals surface area contributed by atoms with Gasteiger partial charge in [-0.3, -0.25) is 9.36 Å². The predicted molar refractivity (Wildman–Crippen MR) is 111 cm³/mol. The number of allylic oxidation sites excluding steroid dienone is 1. The van der Waals surface area contributed by atoms with Crippen molar-refractivity contribution in [3.63, 3.8) is 0 Å². The maximum atomic E-state index is 12.2. The Morgan fingerprint density at radius 2 is 2.04 bits per heavy atom. The lowest BCUT2D eigenvalue weighted by Gasteiger charge is -2.08. The van der Waals surface area contributed by atoms with E-state index in [1.54, 1.807) is 36.4 Å². The van der Waals surface area contributed by atoms with E-state index in [0.717, 1.165) is 0 Å². The van der Waals surface area contributed by atoms with Crippen LogP contribution in [0.1, 0.15) is 0 Å². The number of hydrogen-bond donors (Lipinski definition) is 1. The van der Waals surface area contributed by atoms with Crippen molar-refractivity contribution in [2.75, 3.05) is 11.1 Å². The Bertz CT molecular complexity index is 969. The summed E-state index contributed by atoms with van der Waals surface area (Å²) in [6.07, 6.45) is 1.73. The minimum absolute atomic E-state index is 0.140. The van der Waals surface area contributed by atoms with Crippen LogP contribution < -0.4 is 5.32 Å². The summed E-state index contributed by atoms with van der Waals surface area (Å²) in [6.45, 7) is 4.24. The lowest BCUT2D eigenvalue weighted by molar-refractivity contribution is -0.113. The molecule has 0 unspecified atom stereocenters. The van der Waals surface area contributed by atoms with E-state index < -0.39 is 0 Å². The Morgan fingerprint density at radius 1 is 1.30 bits per heavy atom. The van der Waals surface area contributed by atoms with Gasteiger partial charge < -0.3 is 9.73 Å². The van der Waals surface area contributed by atoms with Crippen molar-refractivity contribution in [2.45, 2.75) is 11.7 Å². The van der Waals surface area contributed by atoms with Crippen molar-refractivity contribution in [3.8, 4) is 11.6 Å². The zero-order valence-corrected chi connectivity index (χ0v) is 17.7. The number of carbonyl (C=O) groups is 1. The number of nitrogens with one attached hydrogen (secondary N) is 1. The van der Waals surface area contributed by atoms with E-state index in [2.05, 4.69) is 38.0 Å². The van der Waals surface area contributed by atoms with Gasteiger partial charge in [0.25, 0.3) is 0 Å². The first-order valence-electron chi connectivity index (χ1n) is 7.65. The van der Waals surface area contributed by atoms with Crippen LogP contribution in [0.3, 0.4) is 0 Å². The van der Waals surface area contributed by atoms with E-state index in [1.807, 2.05) is 4.57 Å². The molecule has 0 saturated heterocycles. The molecule has 27 heavy (non-hydrogen) atoms. The van der Waals surface area contributed by atoms with Gasteiger partial charge in [-0.25, -0.2) is 0 Å². The molecule has 0 radical (unpaired) electrons. The molecule has 0 atom stereocenters. The molecule has 6 nitrogen and oxygen atoms in total. The Morgan fingerprint density at radius 3 is 2.67 bits per heavy atom. The third-order valence-electron chi connectivity index (χ3n) is 3.30. The molecule has 0 aliphatic carbocycles. The lowest BCUT2D eigenvalue weighted by atomic mass is 10.3. The van der Waals surface area contributed by atoms with E-state index in [4.69, 9.17) is 27.6 Å². The molecular formula is C17H13BrCl2N4O2S. The zero-order chi connectivity index (χ0) is 19.4. The largest absolute Gasteiger partial charge is 0.446 e. The number of anilines is 1. The number of nitrogens with zero attached hydrogens (tertiary/aromatic N) is 3. The van der Waals surface area contributed by atoms with Crippen LogP contribution >= 0.6 is 50.9 Å². The summed E-state index contributed by atoms with van der Waals surface area (Å²) in [4.78, 5) is 12.2. The summed E-state index contributed by atoms with van der Waals surface area (Å²) in [6, 6.07) is 8.42. The highest BCUT2D eigenvalue weighted by atomic mass is 79.9. The minimum Gasteiger partial charge on any atom is -0.446 e. The SMILES string of the molecule is C=CCn1c(SCC(=O)Nc2cc(Cl)cc(Cl)c2)nnc1-c1ccc(Br)o1. The molecule has 10 heteroatoms. The normalized spacial score (nSPS) is 10.8. The first kappa shape index (κ1) is 20.0. The van der Waals surface area contributed by atoms with Gasteiger partial charge in [0.2, 0.25) is 11.7 Å². The molecule has 0 bridgehead atoms. The number of hydrogen-bond acceptors (Lipinski definition) is 5. The van der Waals surface area contributed by atoms with Crippen LogP contribution in [0, 0.1) is 0 Å². The van der Waals surface area contributed by atoms with Gasteiger partial charge in [0.15, 0.2) is 15.6 Å². The van der Waals surface area contributed by atoms with Gasteiger partial charge in [-0.1, -0.05) is 41.0 Å². The maximum Gasteiger partial charge on any atom is 0.234 e. The van der Waals surface area contributed by atoms with Gasteiger partial charge in [0, 0.05) is 22.3 Å². The maximum absolute atomic E-state index is 12.2. The second kappa shape index (κ2) is 8.97. The Balaban J connectivity index is 1.71. The molecule has 3 aromatic rings. The fourth-order valence-electron chi connectivity index (χ4n) is 2.26. The van der Waals surface area contributed by atoms with Crippen LogP contribution in [0.2, 0.25) is 10.0 Å². The smallest absolute Gasteiger partial charge is 0.234 e. The van der Waals surface area contributed by atoms with E-state index >= 15 is 0 Å². The second-order valence-electron chi connectivity index (χ2n) is 5.30. The third kappa shape index (κ3) is 5.16. The second-order valence-corrected chi connectivity index (χ2v) is 7.90. The third-order valence-corrected chi connectivity index (χ3v) is 5.13. The summed E-state index contributed by atoms with van der Waals surface area (Å²) in [5.74, 6) is 1.06. The summed E-state index contributed by atoms with van der Waals surface area (Å²) >= 11 is 16.4. The number of halogens is 3. The highest BCUT2D eigenvalue weighted by Gasteiger charge is 2.17. The molecule has 2 heterocycles. The van der Waals surface area contributed by atoms with E-state index in [-0.39, 0.29) is 11.7 Å². The number of benzene rings is 1. The Kier molecular flexibility index (Phi) is 6.64. The Labute approximate surface area is 178 Å². The lowest BCUT2D eigenvalue weighted by Crippen LogP contribution is -2.14. The van der Waals surface area contributed by atoms with Crippen molar-refractivity contribution in [1.82, 2.24) is 14.8 Å². The van der Waals surface area contributed by atoms with Gasteiger partial charge in [-0.15, -0.1) is 16.8 Å². The molecule has 1 amide bonds. The molecule has 3 rings (SSSR count). The van der Waals surface area contributed by atoms with Crippen molar-refractivity contribution in [1.29, 1.82) is 0 Å². The molecule has 140 valence electrons. The van der Waals surface area contributed by atoms with Gasteiger partial charge in [0.1, 0.15) is 0 Å². The Hall–Kier alpha value is -1.74. The molecule has 0 spiro atoms. The molecule has 2 aromatic heterocycles. The van der Waals surface area contributed by atoms with Gasteiger partial charge in [-0.05, 0) is 46.3 Å². The van der Waals surface area contributed by atoms with Gasteiger partial charge >= 0.3 is 0 Å². The number of rotatable bonds is 7. The van der Waals surface area contributed by atoms with E-state index in [0.29, 0.717) is 43.7 Å². The van der Waals surface area contributed by atoms with Crippen molar-refractivity contribution in [3.05, 3.63) is 57.7 Å². The number of carbonyl (C=O) groups excluding carboxylic acids is 1. The van der Waals surface area contributed by atoms with Crippen LogP contribution in [-0.2, 0) is 11.3 Å². The minimum atomic E-state index is -0.214. The van der Waals surface area contributed by atoms with Crippen LogP contribution in [0.4, 0.5) is 5.69 Å². The fraction of sp³-hybridized carbons (Fsp3) is 0.118. The van der Waals surface area contributed by atoms with Crippen LogP contribution in [-0.4, -0.2) is 26.4 Å². The highest BCUT2D eigenvalue weighted by molar-refractivity contribution is 9.10. The summed E-state index contributed by atoms with van der Waals surface area (Å²) in [7, 11) is 0. The summed E-state index contributed by atoms with van der Waals surface area (Å²) < 4.78 is 7.96. The van der Waals surface area contributed by atoms with Crippen LogP contribution in [0.5, 0.6) is 0 Å². The number of furan rings is 1. The van der Waals surface area contributed by atoms with Crippen molar-refractivity contribution in [2.24, 2.45) is 0 Å². The number of thioether (sulfide) groups is 1. The highest BCUT2D eigenvalue weighted by Crippen LogP contribution is 2.28. The van der Waals surface area contributed by atoms with Crippen LogP contribution in [0.25, 0.3) is 11.6 Å². The van der Waals surface area contributed by atoms with Gasteiger partial charge in [0.05, 0.1) is 5.75 Å². The monoisotopic (exact) mass is 486 g/mol. The average molecular weight is 488 g/mol. The standard InChI is InChI=1S/C17H13BrCl2N4O2S/c1-2-5-24-16(13-3-4-14(18)26-13)22-23-17(24)27-9-15(25)21-12-7-10(19)6-11(20)8-12/h2-4,6-8H,1,5,9H2,(H,21,25). The predicted octanol–water partition coefficient (Wildman–Crippen LogP) is 5.52. The molecule has 0 saturated carbocycles. The first-order valence-corrected chi connectivity index (χ1v) is 10.2. The number of aromatic nitrogens is 3. The van der Waals surface area contributed by atoms with Crippen molar-refractivity contribution >= 4 is 62.5 Å². The zero-order valence-electron chi connectivity index (χ0n) is 13.8. The van der Waals surface area contributed by atoms with Gasteiger partial charge in [-0.2, -0.15) is 0 Å². The fourth-order valence-corrected chi connectivity index (χ4v) is 3.84. The quantitative estimate of drug-likeness (QED) is 0.350. The first-order chi connectivity index (χ1) is 13.0. The molecule has 1 aromatic carbocycles. The molecule has 0 fully saturated rings. The number of amides is 1. The van der Waals surface area contributed by atoms with Crippen molar-refractivity contribution < 1.29 is 9.21 Å². The summed E-state index contributed by atoms with van der Waals surface area (Å²) in [5, 5.41) is 12.6. The molecule has 0 aliphatic heterocycles. The van der Waals surface area contributed by atoms with E-state index in [9.17, 15) is 4.79 Å². The molecule has 1 N–H and O–H groups in total. The van der Waals surface area contributed by atoms with E-state index in [1.165, 1.54) is 11.8 Å². The topological polar surface area (TPSA) is 73.0 Å². The summed E-state index contributed by atoms with van der Waals surface area (Å²) in [5.41, 5.74) is 0.534. The van der Waals surface area contributed by atoms with Crippen LogP contribution in [0.15, 0.2) is 57.2 Å². The average Bonchev–Trinajstić information content (AvgIpc) is 3.18. The molecular weight excluding hydrogens is 475 g/mol. The molecule has 0 aliphatic rings.